The normalized spacial score (nSPS) is 20.0. The SMILES string of the molecule is O=C1CCC(C(=O)NCc2ccc[nH]2)N1. The second-order valence-corrected chi connectivity index (χ2v) is 3.57. The lowest BCUT2D eigenvalue weighted by Gasteiger charge is -2.09. The van der Waals surface area contributed by atoms with Gasteiger partial charge in [0, 0.05) is 18.3 Å². The van der Waals surface area contributed by atoms with E-state index in [0.717, 1.165) is 5.69 Å². The molecule has 0 radical (unpaired) electrons. The van der Waals surface area contributed by atoms with Crippen LogP contribution in [-0.2, 0) is 16.1 Å². The molecule has 1 aliphatic rings. The van der Waals surface area contributed by atoms with Crippen LogP contribution in [0.25, 0.3) is 0 Å². The van der Waals surface area contributed by atoms with Gasteiger partial charge in [-0.3, -0.25) is 9.59 Å². The highest BCUT2D eigenvalue weighted by Gasteiger charge is 2.26. The van der Waals surface area contributed by atoms with E-state index in [1.54, 1.807) is 6.20 Å². The topological polar surface area (TPSA) is 74.0 Å². The first-order chi connectivity index (χ1) is 7.25. The van der Waals surface area contributed by atoms with Crippen LogP contribution in [0, 0.1) is 0 Å². The fraction of sp³-hybridized carbons (Fsp3) is 0.400. The number of nitrogens with one attached hydrogen (secondary N) is 3. The summed E-state index contributed by atoms with van der Waals surface area (Å²) in [7, 11) is 0. The Bertz CT molecular complexity index is 359. The Morgan fingerprint density at radius 3 is 3.07 bits per heavy atom. The zero-order valence-electron chi connectivity index (χ0n) is 8.25. The van der Waals surface area contributed by atoms with Crippen molar-refractivity contribution in [2.45, 2.75) is 25.4 Å². The molecule has 1 fully saturated rings. The zero-order valence-corrected chi connectivity index (χ0v) is 8.25. The molecule has 1 aliphatic heterocycles. The maximum Gasteiger partial charge on any atom is 0.242 e. The molecule has 1 saturated heterocycles. The molecule has 0 aromatic carbocycles. The minimum atomic E-state index is -0.354. The van der Waals surface area contributed by atoms with Crippen molar-refractivity contribution in [1.82, 2.24) is 15.6 Å². The maximum atomic E-state index is 11.5. The highest BCUT2D eigenvalue weighted by molar-refractivity contribution is 5.90. The van der Waals surface area contributed by atoms with Crippen LogP contribution in [-0.4, -0.2) is 22.8 Å². The summed E-state index contributed by atoms with van der Waals surface area (Å²) in [4.78, 5) is 25.4. The number of amides is 2. The highest BCUT2D eigenvalue weighted by Crippen LogP contribution is 2.06. The number of rotatable bonds is 3. The van der Waals surface area contributed by atoms with Gasteiger partial charge in [-0.25, -0.2) is 0 Å². The van der Waals surface area contributed by atoms with E-state index in [2.05, 4.69) is 15.6 Å². The van der Waals surface area contributed by atoms with Crippen LogP contribution in [0.1, 0.15) is 18.5 Å². The molecule has 2 heterocycles. The van der Waals surface area contributed by atoms with Crippen LogP contribution in [0.2, 0.25) is 0 Å². The molecule has 80 valence electrons. The van der Waals surface area contributed by atoms with Crippen LogP contribution in [0.3, 0.4) is 0 Å². The Morgan fingerprint density at radius 2 is 2.47 bits per heavy atom. The van der Waals surface area contributed by atoms with Gasteiger partial charge in [-0.1, -0.05) is 0 Å². The minimum Gasteiger partial charge on any atom is -0.364 e. The van der Waals surface area contributed by atoms with Gasteiger partial charge in [-0.05, 0) is 18.6 Å². The summed E-state index contributed by atoms with van der Waals surface area (Å²) in [6, 6.07) is 3.42. The van der Waals surface area contributed by atoms with Crippen LogP contribution in [0.4, 0.5) is 0 Å². The summed E-state index contributed by atoms with van der Waals surface area (Å²) >= 11 is 0. The molecule has 1 aromatic heterocycles. The molecule has 5 heteroatoms. The number of carbonyl (C=O) groups is 2. The van der Waals surface area contributed by atoms with E-state index < -0.39 is 0 Å². The minimum absolute atomic E-state index is 0.0463. The van der Waals surface area contributed by atoms with E-state index in [4.69, 9.17) is 0 Å². The van der Waals surface area contributed by atoms with Gasteiger partial charge in [0.25, 0.3) is 0 Å². The molecule has 0 saturated carbocycles. The average molecular weight is 207 g/mol. The fourth-order valence-corrected chi connectivity index (χ4v) is 1.59. The lowest BCUT2D eigenvalue weighted by Crippen LogP contribution is -2.41. The van der Waals surface area contributed by atoms with Gasteiger partial charge in [0.15, 0.2) is 0 Å². The molecule has 0 bridgehead atoms. The second-order valence-electron chi connectivity index (χ2n) is 3.57. The largest absolute Gasteiger partial charge is 0.364 e. The van der Waals surface area contributed by atoms with E-state index >= 15 is 0 Å². The molecule has 15 heavy (non-hydrogen) atoms. The van der Waals surface area contributed by atoms with E-state index in [1.165, 1.54) is 0 Å². The van der Waals surface area contributed by atoms with Gasteiger partial charge in [-0.2, -0.15) is 0 Å². The molecular weight excluding hydrogens is 194 g/mol. The first-order valence-electron chi connectivity index (χ1n) is 4.95. The summed E-state index contributed by atoms with van der Waals surface area (Å²) in [6.45, 7) is 0.470. The Labute approximate surface area is 87.2 Å². The van der Waals surface area contributed by atoms with Crippen LogP contribution < -0.4 is 10.6 Å². The molecule has 1 atom stereocenters. The van der Waals surface area contributed by atoms with Crippen molar-refractivity contribution in [2.75, 3.05) is 0 Å². The zero-order chi connectivity index (χ0) is 10.7. The quantitative estimate of drug-likeness (QED) is 0.648. The fourth-order valence-electron chi connectivity index (χ4n) is 1.59. The van der Waals surface area contributed by atoms with Gasteiger partial charge < -0.3 is 15.6 Å². The van der Waals surface area contributed by atoms with E-state index in [1.807, 2.05) is 12.1 Å². The number of carbonyl (C=O) groups excluding carboxylic acids is 2. The second kappa shape index (κ2) is 4.16. The van der Waals surface area contributed by atoms with E-state index in [0.29, 0.717) is 19.4 Å². The van der Waals surface area contributed by atoms with Crippen LogP contribution >= 0.6 is 0 Å². The predicted molar refractivity (Wildman–Crippen MR) is 53.8 cm³/mol. The van der Waals surface area contributed by atoms with Crippen molar-refractivity contribution in [1.29, 1.82) is 0 Å². The lowest BCUT2D eigenvalue weighted by molar-refractivity contribution is -0.125. The summed E-state index contributed by atoms with van der Waals surface area (Å²) in [5.74, 6) is -0.162. The summed E-state index contributed by atoms with van der Waals surface area (Å²) in [5.41, 5.74) is 0.952. The first-order valence-corrected chi connectivity index (χ1v) is 4.95. The summed E-state index contributed by atoms with van der Waals surface area (Å²) < 4.78 is 0. The molecular formula is C10H13N3O2. The van der Waals surface area contributed by atoms with E-state index in [9.17, 15) is 9.59 Å². The summed E-state index contributed by atoms with van der Waals surface area (Å²) in [6.07, 6.45) is 2.84. The smallest absolute Gasteiger partial charge is 0.242 e. The Balaban J connectivity index is 1.80. The number of aromatic nitrogens is 1. The Hall–Kier alpha value is -1.78. The Kier molecular flexibility index (Phi) is 2.71. The third-order valence-corrected chi connectivity index (χ3v) is 2.43. The number of hydrogen-bond donors (Lipinski definition) is 3. The lowest BCUT2D eigenvalue weighted by atomic mass is 10.2. The first kappa shape index (κ1) is 9.76. The van der Waals surface area contributed by atoms with Crippen molar-refractivity contribution < 1.29 is 9.59 Å². The predicted octanol–water partition coefficient (Wildman–Crippen LogP) is -0.0905. The molecule has 0 aliphatic carbocycles. The van der Waals surface area contributed by atoms with Gasteiger partial charge in [-0.15, -0.1) is 0 Å². The van der Waals surface area contributed by atoms with Crippen molar-refractivity contribution in [3.8, 4) is 0 Å². The molecule has 0 spiro atoms. The van der Waals surface area contributed by atoms with Gasteiger partial charge in [0.05, 0.1) is 6.54 Å². The molecule has 5 nitrogen and oxygen atoms in total. The molecule has 3 N–H and O–H groups in total. The maximum absolute atomic E-state index is 11.5. The van der Waals surface area contributed by atoms with Gasteiger partial charge >= 0.3 is 0 Å². The third kappa shape index (κ3) is 2.37. The molecule has 1 aromatic rings. The Morgan fingerprint density at radius 1 is 1.60 bits per heavy atom. The number of H-pyrrole nitrogens is 1. The standard InChI is InChI=1S/C10H13N3O2/c14-9-4-3-8(13-9)10(15)12-6-7-2-1-5-11-7/h1-2,5,8,11H,3-4,6H2,(H,12,15)(H,13,14). The van der Waals surface area contributed by atoms with Gasteiger partial charge in [0.1, 0.15) is 6.04 Å². The monoisotopic (exact) mass is 207 g/mol. The van der Waals surface area contributed by atoms with Gasteiger partial charge in [0.2, 0.25) is 11.8 Å². The van der Waals surface area contributed by atoms with Crippen molar-refractivity contribution in [3.63, 3.8) is 0 Å². The molecule has 1 unspecified atom stereocenters. The van der Waals surface area contributed by atoms with Crippen molar-refractivity contribution in [2.24, 2.45) is 0 Å². The van der Waals surface area contributed by atoms with Crippen LogP contribution in [0.15, 0.2) is 18.3 Å². The summed E-state index contributed by atoms with van der Waals surface area (Å²) in [5, 5.41) is 5.39. The number of hydrogen-bond acceptors (Lipinski definition) is 2. The third-order valence-electron chi connectivity index (χ3n) is 2.43. The number of aromatic amines is 1. The molecule has 2 amide bonds. The average Bonchev–Trinajstić information content (AvgIpc) is 2.84. The van der Waals surface area contributed by atoms with Crippen molar-refractivity contribution >= 4 is 11.8 Å². The van der Waals surface area contributed by atoms with E-state index in [-0.39, 0.29) is 17.9 Å². The van der Waals surface area contributed by atoms with Crippen LogP contribution in [0.5, 0.6) is 0 Å². The van der Waals surface area contributed by atoms with Crippen molar-refractivity contribution in [3.05, 3.63) is 24.0 Å². The highest BCUT2D eigenvalue weighted by atomic mass is 16.2. The molecule has 2 rings (SSSR count).